The van der Waals surface area contributed by atoms with Crippen LogP contribution in [0, 0.1) is 0 Å². The molecule has 2 amide bonds. The molecule has 0 atom stereocenters. The molecule has 0 heterocycles. The highest BCUT2D eigenvalue weighted by Crippen LogP contribution is 2.36. The highest BCUT2D eigenvalue weighted by Gasteiger charge is 2.17. The summed E-state index contributed by atoms with van der Waals surface area (Å²) in [6.45, 7) is 7.59. The standard InChI is InChI=1S/C50H68N2O2/c1-4-7-10-13-16-19-23-41-36-43(37-42(24-20-17-14-11-8-5-2)44(41)27-21-18-15-12-9-6-3)49(53)51-34-35-52-50(54)46-33-31-40-29-28-38-25-22-26-39-30-32-45(46)48(40)47(38)39/h22,25-26,28-33,36-37H,4-21,23-24,27,34-35H2,1-3H3,(H,51,53)(H,52,54). The first-order valence-corrected chi connectivity index (χ1v) is 21.9. The molecule has 2 N–H and O–H groups in total. The number of unbranched alkanes of at least 4 members (excludes halogenated alkanes) is 15. The number of carbonyl (C=O) groups is 2. The lowest BCUT2D eigenvalue weighted by Crippen LogP contribution is -2.35. The number of nitrogens with one attached hydrogen (secondary N) is 2. The highest BCUT2D eigenvalue weighted by molar-refractivity contribution is 6.26. The minimum Gasteiger partial charge on any atom is -0.350 e. The van der Waals surface area contributed by atoms with E-state index in [4.69, 9.17) is 0 Å². The van der Waals surface area contributed by atoms with Crippen molar-refractivity contribution in [3.63, 3.8) is 0 Å². The molecule has 5 aromatic carbocycles. The Bertz CT molecular complexity index is 1840. The van der Waals surface area contributed by atoms with Gasteiger partial charge in [-0.3, -0.25) is 9.59 Å². The molecule has 0 spiro atoms. The Morgan fingerprint density at radius 2 is 0.907 bits per heavy atom. The summed E-state index contributed by atoms with van der Waals surface area (Å²) < 4.78 is 0. The van der Waals surface area contributed by atoms with E-state index < -0.39 is 0 Å². The average Bonchev–Trinajstić information content (AvgIpc) is 3.19. The smallest absolute Gasteiger partial charge is 0.251 e. The maximum absolute atomic E-state index is 13.8. The van der Waals surface area contributed by atoms with E-state index in [2.05, 4.69) is 86.0 Å². The van der Waals surface area contributed by atoms with Crippen LogP contribution >= 0.6 is 0 Å². The van der Waals surface area contributed by atoms with Crippen LogP contribution in [-0.2, 0) is 19.3 Å². The van der Waals surface area contributed by atoms with Crippen molar-refractivity contribution in [3.05, 3.63) is 94.5 Å². The molecule has 0 aromatic heterocycles. The van der Waals surface area contributed by atoms with Crippen LogP contribution in [0.5, 0.6) is 0 Å². The molecule has 0 radical (unpaired) electrons. The van der Waals surface area contributed by atoms with Crippen molar-refractivity contribution in [1.29, 1.82) is 0 Å². The summed E-state index contributed by atoms with van der Waals surface area (Å²) >= 11 is 0. The van der Waals surface area contributed by atoms with Crippen LogP contribution in [0.3, 0.4) is 0 Å². The van der Waals surface area contributed by atoms with Crippen LogP contribution in [0.2, 0.25) is 0 Å². The van der Waals surface area contributed by atoms with Crippen LogP contribution in [-0.4, -0.2) is 24.9 Å². The predicted octanol–water partition coefficient (Wildman–Crippen LogP) is 13.5. The third kappa shape index (κ3) is 11.5. The van der Waals surface area contributed by atoms with E-state index in [1.165, 1.54) is 148 Å². The lowest BCUT2D eigenvalue weighted by atomic mass is 9.88. The molecular weight excluding hydrogens is 661 g/mol. The van der Waals surface area contributed by atoms with Gasteiger partial charge in [-0.2, -0.15) is 0 Å². The first-order valence-electron chi connectivity index (χ1n) is 21.9. The van der Waals surface area contributed by atoms with Gasteiger partial charge in [0.2, 0.25) is 0 Å². The van der Waals surface area contributed by atoms with Crippen molar-refractivity contribution in [2.45, 2.75) is 156 Å². The summed E-state index contributed by atoms with van der Waals surface area (Å²) in [4.78, 5) is 27.3. The zero-order valence-electron chi connectivity index (χ0n) is 33.9. The Balaban J connectivity index is 1.26. The van der Waals surface area contributed by atoms with Gasteiger partial charge < -0.3 is 10.6 Å². The highest BCUT2D eigenvalue weighted by atomic mass is 16.2. The second-order valence-electron chi connectivity index (χ2n) is 15.8. The molecule has 5 aromatic rings. The normalized spacial score (nSPS) is 11.6. The molecule has 4 heteroatoms. The van der Waals surface area contributed by atoms with Gasteiger partial charge in [-0.15, -0.1) is 0 Å². The molecule has 0 aliphatic rings. The van der Waals surface area contributed by atoms with Gasteiger partial charge in [0.15, 0.2) is 0 Å². The lowest BCUT2D eigenvalue weighted by molar-refractivity contribution is 0.0928. The van der Waals surface area contributed by atoms with Crippen LogP contribution in [0.4, 0.5) is 0 Å². The molecule has 0 aliphatic carbocycles. The number of rotatable bonds is 26. The molecule has 0 saturated carbocycles. The van der Waals surface area contributed by atoms with E-state index in [-0.39, 0.29) is 11.8 Å². The Morgan fingerprint density at radius 1 is 0.463 bits per heavy atom. The Kier molecular flexibility index (Phi) is 17.2. The van der Waals surface area contributed by atoms with Gasteiger partial charge >= 0.3 is 0 Å². The largest absolute Gasteiger partial charge is 0.350 e. The van der Waals surface area contributed by atoms with E-state index in [1.807, 2.05) is 12.1 Å². The first kappa shape index (κ1) is 41.2. The maximum atomic E-state index is 13.8. The molecule has 5 rings (SSSR count). The fourth-order valence-electron chi connectivity index (χ4n) is 8.45. The van der Waals surface area contributed by atoms with Crippen molar-refractivity contribution in [2.24, 2.45) is 0 Å². The fraction of sp³-hybridized carbons (Fsp3) is 0.520. The second kappa shape index (κ2) is 22.5. The third-order valence-electron chi connectivity index (χ3n) is 11.5. The van der Waals surface area contributed by atoms with Gasteiger partial charge in [-0.05, 0) is 106 Å². The van der Waals surface area contributed by atoms with Gasteiger partial charge in [0.05, 0.1) is 0 Å². The van der Waals surface area contributed by atoms with Crippen molar-refractivity contribution >= 4 is 44.1 Å². The monoisotopic (exact) mass is 729 g/mol. The number of amides is 2. The van der Waals surface area contributed by atoms with Gasteiger partial charge in [-0.1, -0.05) is 166 Å². The number of carbonyl (C=O) groups excluding carboxylic acids is 2. The molecule has 0 unspecified atom stereocenters. The SMILES string of the molecule is CCCCCCCCc1cc(C(=O)NCCNC(=O)c2ccc3ccc4cccc5ccc2c3c45)cc(CCCCCCCC)c1CCCCCCCC. The van der Waals surface area contributed by atoms with Gasteiger partial charge in [0.25, 0.3) is 11.8 Å². The van der Waals surface area contributed by atoms with E-state index >= 15 is 0 Å². The molecular formula is C50H68N2O2. The van der Waals surface area contributed by atoms with Crippen molar-refractivity contribution in [1.82, 2.24) is 10.6 Å². The predicted molar refractivity (Wildman–Crippen MR) is 232 cm³/mol. The zero-order valence-corrected chi connectivity index (χ0v) is 33.9. The average molecular weight is 729 g/mol. The summed E-state index contributed by atoms with van der Waals surface area (Å²) in [6.07, 6.45) is 26.3. The number of aryl methyl sites for hydroxylation is 2. The van der Waals surface area contributed by atoms with Crippen molar-refractivity contribution in [2.75, 3.05) is 13.1 Å². The summed E-state index contributed by atoms with van der Waals surface area (Å²) in [5, 5.41) is 13.1. The minimum atomic E-state index is -0.108. The van der Waals surface area contributed by atoms with Crippen LogP contribution < -0.4 is 10.6 Å². The molecule has 0 bridgehead atoms. The molecule has 290 valence electrons. The number of hydrogen-bond acceptors (Lipinski definition) is 2. The first-order chi connectivity index (χ1) is 26.5. The number of benzene rings is 5. The van der Waals surface area contributed by atoms with Crippen LogP contribution in [0.25, 0.3) is 32.3 Å². The lowest BCUT2D eigenvalue weighted by Gasteiger charge is -2.18. The Labute approximate surface area is 326 Å². The summed E-state index contributed by atoms with van der Waals surface area (Å²) in [7, 11) is 0. The molecule has 54 heavy (non-hydrogen) atoms. The van der Waals surface area contributed by atoms with E-state index in [0.29, 0.717) is 18.7 Å². The molecule has 4 nitrogen and oxygen atoms in total. The van der Waals surface area contributed by atoms with E-state index in [1.54, 1.807) is 0 Å². The quantitative estimate of drug-likeness (QED) is 0.0440. The maximum Gasteiger partial charge on any atom is 0.251 e. The van der Waals surface area contributed by atoms with E-state index in [0.717, 1.165) is 41.0 Å². The van der Waals surface area contributed by atoms with E-state index in [9.17, 15) is 9.59 Å². The number of hydrogen-bond donors (Lipinski definition) is 2. The van der Waals surface area contributed by atoms with Crippen LogP contribution in [0.15, 0.2) is 66.7 Å². The topological polar surface area (TPSA) is 58.2 Å². The Hall–Kier alpha value is -3.92. The second-order valence-corrected chi connectivity index (χ2v) is 15.8. The molecule has 0 saturated heterocycles. The van der Waals surface area contributed by atoms with Gasteiger partial charge in [0, 0.05) is 24.2 Å². The van der Waals surface area contributed by atoms with Gasteiger partial charge in [0.1, 0.15) is 0 Å². The summed E-state index contributed by atoms with van der Waals surface area (Å²) in [5.41, 5.74) is 5.78. The van der Waals surface area contributed by atoms with Gasteiger partial charge in [-0.25, -0.2) is 0 Å². The Morgan fingerprint density at radius 3 is 1.46 bits per heavy atom. The van der Waals surface area contributed by atoms with Crippen LogP contribution in [0.1, 0.15) is 174 Å². The minimum absolute atomic E-state index is 0.0357. The summed E-state index contributed by atoms with van der Waals surface area (Å²) in [5.74, 6) is -0.143. The zero-order chi connectivity index (χ0) is 38.0. The van der Waals surface area contributed by atoms with Crippen molar-refractivity contribution < 1.29 is 9.59 Å². The molecule has 0 fully saturated rings. The third-order valence-corrected chi connectivity index (χ3v) is 11.5. The van der Waals surface area contributed by atoms with Crippen molar-refractivity contribution in [3.8, 4) is 0 Å². The summed E-state index contributed by atoms with van der Waals surface area (Å²) in [6, 6.07) is 23.2. The molecule has 0 aliphatic heterocycles. The fourth-order valence-corrected chi connectivity index (χ4v) is 8.45.